The lowest BCUT2D eigenvalue weighted by atomic mass is 10.2. The molecule has 0 radical (unpaired) electrons. The van der Waals surface area contributed by atoms with Crippen molar-refractivity contribution >= 4 is 45.7 Å². The molecular weight excluding hydrogens is 283 g/mol. The highest BCUT2D eigenvalue weighted by Crippen LogP contribution is 2.26. The van der Waals surface area contributed by atoms with E-state index >= 15 is 0 Å². The molecule has 5 heteroatoms. The lowest BCUT2D eigenvalue weighted by Crippen LogP contribution is -2.11. The van der Waals surface area contributed by atoms with Gasteiger partial charge in [0.05, 0.1) is 11.2 Å². The number of fused-ring (bicyclic) bond motifs is 1. The number of hydrogen-bond donors (Lipinski definition) is 1. The van der Waals surface area contributed by atoms with E-state index in [1.54, 1.807) is 12.3 Å². The molecule has 0 aliphatic rings. The third kappa shape index (κ3) is 3.82. The Morgan fingerprint density at radius 1 is 1.32 bits per heavy atom. The van der Waals surface area contributed by atoms with Crippen molar-refractivity contribution in [3.05, 3.63) is 35.5 Å². The van der Waals surface area contributed by atoms with Crippen molar-refractivity contribution in [1.82, 2.24) is 4.98 Å². The number of halogens is 2. The number of rotatable bonds is 5. The van der Waals surface area contributed by atoms with Gasteiger partial charge in [-0.3, -0.25) is 9.78 Å². The van der Waals surface area contributed by atoms with Crippen molar-refractivity contribution in [2.24, 2.45) is 0 Å². The quantitative estimate of drug-likeness (QED) is 0.662. The molecule has 1 amide bonds. The molecule has 0 fully saturated rings. The molecule has 3 nitrogen and oxygen atoms in total. The second kappa shape index (κ2) is 6.73. The van der Waals surface area contributed by atoms with Crippen LogP contribution in [-0.2, 0) is 4.79 Å². The van der Waals surface area contributed by atoms with Crippen molar-refractivity contribution in [3.8, 4) is 0 Å². The molecule has 100 valence electrons. The Balaban J connectivity index is 2.18. The average molecular weight is 297 g/mol. The molecule has 0 bridgehead atoms. The predicted octanol–water partition coefficient (Wildman–Crippen LogP) is 4.24. The minimum atomic E-state index is -0.0423. The van der Waals surface area contributed by atoms with Gasteiger partial charge in [0, 0.05) is 28.9 Å². The van der Waals surface area contributed by atoms with E-state index in [4.69, 9.17) is 23.2 Å². The third-order valence-corrected chi connectivity index (χ3v) is 3.22. The van der Waals surface area contributed by atoms with E-state index in [0.29, 0.717) is 23.0 Å². The van der Waals surface area contributed by atoms with E-state index in [1.165, 1.54) is 0 Å². The van der Waals surface area contributed by atoms with Gasteiger partial charge in [0.25, 0.3) is 0 Å². The van der Waals surface area contributed by atoms with Crippen molar-refractivity contribution < 1.29 is 4.79 Å². The topological polar surface area (TPSA) is 42.0 Å². The molecule has 2 rings (SSSR count). The first-order valence-electron chi connectivity index (χ1n) is 6.11. The van der Waals surface area contributed by atoms with Crippen molar-refractivity contribution in [2.45, 2.75) is 19.3 Å². The molecule has 1 aromatic carbocycles. The number of carbonyl (C=O) groups is 1. The fraction of sp³-hybridized carbons (Fsp3) is 0.286. The van der Waals surface area contributed by atoms with Gasteiger partial charge in [-0.05, 0) is 31.0 Å². The minimum absolute atomic E-state index is 0.0423. The number of alkyl halides is 1. The molecule has 0 saturated carbocycles. The normalized spacial score (nSPS) is 10.6. The van der Waals surface area contributed by atoms with Gasteiger partial charge < -0.3 is 5.32 Å². The molecule has 2 aromatic rings. The maximum Gasteiger partial charge on any atom is 0.224 e. The number of aromatic nitrogens is 1. The summed E-state index contributed by atoms with van der Waals surface area (Å²) in [6.07, 6.45) is 3.76. The zero-order valence-corrected chi connectivity index (χ0v) is 11.8. The number of pyridine rings is 1. The Morgan fingerprint density at radius 3 is 2.95 bits per heavy atom. The number of anilines is 1. The smallest absolute Gasteiger partial charge is 0.224 e. The highest BCUT2D eigenvalue weighted by atomic mass is 35.5. The molecule has 0 saturated heterocycles. The fourth-order valence-electron chi connectivity index (χ4n) is 1.84. The van der Waals surface area contributed by atoms with Crippen LogP contribution in [0.2, 0.25) is 5.02 Å². The molecule has 1 heterocycles. The summed E-state index contributed by atoms with van der Waals surface area (Å²) in [4.78, 5) is 16.1. The largest absolute Gasteiger partial charge is 0.324 e. The van der Waals surface area contributed by atoms with E-state index in [0.717, 1.165) is 23.7 Å². The Hall–Kier alpha value is -1.32. The van der Waals surface area contributed by atoms with E-state index in [-0.39, 0.29) is 5.91 Å². The summed E-state index contributed by atoms with van der Waals surface area (Å²) in [6, 6.07) is 7.30. The van der Waals surface area contributed by atoms with Crippen LogP contribution in [0.25, 0.3) is 10.9 Å². The first-order valence-corrected chi connectivity index (χ1v) is 7.02. The first-order chi connectivity index (χ1) is 9.20. The summed E-state index contributed by atoms with van der Waals surface area (Å²) in [5.74, 6) is 0.536. The average Bonchev–Trinajstić information content (AvgIpc) is 2.39. The number of nitrogens with one attached hydrogen (secondary N) is 1. The maximum atomic E-state index is 11.8. The molecule has 19 heavy (non-hydrogen) atoms. The first kappa shape index (κ1) is 14.1. The molecule has 0 atom stereocenters. The van der Waals surface area contributed by atoms with Crippen molar-refractivity contribution in [2.75, 3.05) is 11.2 Å². The summed E-state index contributed by atoms with van der Waals surface area (Å²) in [7, 11) is 0. The summed E-state index contributed by atoms with van der Waals surface area (Å²) < 4.78 is 0. The maximum absolute atomic E-state index is 11.8. The zero-order chi connectivity index (χ0) is 13.7. The third-order valence-electron chi connectivity index (χ3n) is 2.73. The van der Waals surface area contributed by atoms with Gasteiger partial charge in [-0.15, -0.1) is 11.6 Å². The Labute approximate surface area is 121 Å². The molecule has 1 aromatic heterocycles. The van der Waals surface area contributed by atoms with E-state index in [1.807, 2.05) is 18.2 Å². The van der Waals surface area contributed by atoms with Crippen molar-refractivity contribution in [3.63, 3.8) is 0 Å². The van der Waals surface area contributed by atoms with Crippen LogP contribution in [0.5, 0.6) is 0 Å². The van der Waals surface area contributed by atoms with Gasteiger partial charge in [0.15, 0.2) is 0 Å². The van der Waals surface area contributed by atoms with Gasteiger partial charge in [-0.25, -0.2) is 0 Å². The molecule has 0 aliphatic carbocycles. The van der Waals surface area contributed by atoms with Crippen LogP contribution >= 0.6 is 23.2 Å². The summed E-state index contributed by atoms with van der Waals surface area (Å²) in [5.41, 5.74) is 1.40. The molecule has 0 spiro atoms. The Morgan fingerprint density at radius 2 is 2.16 bits per heavy atom. The molecule has 1 N–H and O–H groups in total. The minimum Gasteiger partial charge on any atom is -0.324 e. The van der Waals surface area contributed by atoms with Gasteiger partial charge >= 0.3 is 0 Å². The summed E-state index contributed by atoms with van der Waals surface area (Å²) in [6.45, 7) is 0. The monoisotopic (exact) mass is 296 g/mol. The van der Waals surface area contributed by atoms with Crippen LogP contribution in [0.1, 0.15) is 19.3 Å². The van der Waals surface area contributed by atoms with E-state index in [2.05, 4.69) is 10.3 Å². The SMILES string of the molecule is O=C(CCCCCl)Nc1cc(Cl)cc2cccnc12. The highest BCUT2D eigenvalue weighted by Gasteiger charge is 2.08. The second-order valence-corrected chi connectivity index (χ2v) is 5.04. The number of unbranched alkanes of at least 4 members (excludes halogenated alkanes) is 1. The Bertz CT molecular complexity index is 587. The van der Waals surface area contributed by atoms with E-state index in [9.17, 15) is 4.79 Å². The van der Waals surface area contributed by atoms with Crippen LogP contribution in [0.15, 0.2) is 30.5 Å². The van der Waals surface area contributed by atoms with Gasteiger partial charge in [-0.1, -0.05) is 17.7 Å². The molecule has 0 aliphatic heterocycles. The van der Waals surface area contributed by atoms with E-state index < -0.39 is 0 Å². The number of benzene rings is 1. The Kier molecular flexibility index (Phi) is 5.00. The summed E-state index contributed by atoms with van der Waals surface area (Å²) >= 11 is 11.6. The highest BCUT2D eigenvalue weighted by molar-refractivity contribution is 6.32. The van der Waals surface area contributed by atoms with Crippen LogP contribution < -0.4 is 5.32 Å². The summed E-state index contributed by atoms with van der Waals surface area (Å²) in [5, 5.41) is 4.34. The lowest BCUT2D eigenvalue weighted by Gasteiger charge is -2.08. The fourth-order valence-corrected chi connectivity index (χ4v) is 2.26. The van der Waals surface area contributed by atoms with Crippen LogP contribution in [0.4, 0.5) is 5.69 Å². The number of nitrogens with zero attached hydrogens (tertiary/aromatic N) is 1. The van der Waals surface area contributed by atoms with Gasteiger partial charge in [-0.2, -0.15) is 0 Å². The van der Waals surface area contributed by atoms with Crippen LogP contribution in [0, 0.1) is 0 Å². The van der Waals surface area contributed by atoms with Gasteiger partial charge in [0.2, 0.25) is 5.91 Å². The molecule has 0 unspecified atom stereocenters. The van der Waals surface area contributed by atoms with Crippen LogP contribution in [0.3, 0.4) is 0 Å². The van der Waals surface area contributed by atoms with Crippen molar-refractivity contribution in [1.29, 1.82) is 0 Å². The molecular formula is C14H14Cl2N2O. The predicted molar refractivity (Wildman–Crippen MR) is 80.0 cm³/mol. The number of carbonyl (C=O) groups excluding carboxylic acids is 1. The lowest BCUT2D eigenvalue weighted by molar-refractivity contribution is -0.116. The zero-order valence-electron chi connectivity index (χ0n) is 10.3. The number of hydrogen-bond acceptors (Lipinski definition) is 2. The van der Waals surface area contributed by atoms with Crippen LogP contribution in [-0.4, -0.2) is 16.8 Å². The standard InChI is InChI=1S/C14H14Cl2N2O/c15-6-2-1-5-13(19)18-12-9-11(16)8-10-4-3-7-17-14(10)12/h3-4,7-9H,1-2,5-6H2,(H,18,19). The number of amides is 1. The second-order valence-electron chi connectivity index (χ2n) is 4.22. The van der Waals surface area contributed by atoms with Gasteiger partial charge in [0.1, 0.15) is 0 Å².